The minimum atomic E-state index is -3.56. The predicted molar refractivity (Wildman–Crippen MR) is 109 cm³/mol. The lowest BCUT2D eigenvalue weighted by Crippen LogP contribution is -2.48. The first-order chi connectivity index (χ1) is 13.1. The van der Waals surface area contributed by atoms with Crippen molar-refractivity contribution in [1.29, 1.82) is 0 Å². The number of carbonyl (C=O) groups is 1. The van der Waals surface area contributed by atoms with Gasteiger partial charge in [0.15, 0.2) is 6.10 Å². The van der Waals surface area contributed by atoms with Crippen LogP contribution < -0.4 is 19.1 Å². The average molecular weight is 404 g/mol. The maximum atomic E-state index is 12.8. The number of amides is 1. The summed E-state index contributed by atoms with van der Waals surface area (Å²) >= 11 is 0. The zero-order valence-electron chi connectivity index (χ0n) is 16.3. The smallest absolute Gasteiger partial charge is 0.267 e. The molecule has 7 nitrogen and oxygen atoms in total. The summed E-state index contributed by atoms with van der Waals surface area (Å²) in [4.78, 5) is 12.8. The molecule has 1 heterocycles. The number of rotatable bonds is 5. The monoisotopic (exact) mass is 404 g/mol. The Kier molecular flexibility index (Phi) is 5.51. The van der Waals surface area contributed by atoms with Crippen molar-refractivity contribution in [3.05, 3.63) is 48.0 Å². The maximum Gasteiger partial charge on any atom is 0.267 e. The van der Waals surface area contributed by atoms with Crippen LogP contribution in [0.3, 0.4) is 0 Å². The van der Waals surface area contributed by atoms with E-state index >= 15 is 0 Å². The van der Waals surface area contributed by atoms with Gasteiger partial charge in [0.2, 0.25) is 10.0 Å². The third-order valence-electron chi connectivity index (χ3n) is 4.15. The van der Waals surface area contributed by atoms with E-state index < -0.39 is 22.0 Å². The number of nitrogens with zero attached hydrogens (tertiary/aromatic N) is 1. The van der Waals surface area contributed by atoms with Crippen molar-refractivity contribution in [2.24, 2.45) is 0 Å². The number of nitrogens with one attached hydrogen (secondary N) is 1. The molecule has 0 spiro atoms. The van der Waals surface area contributed by atoms with E-state index in [1.54, 1.807) is 36.4 Å². The molecule has 0 saturated carbocycles. The third-order valence-corrected chi connectivity index (χ3v) is 5.30. The Bertz CT molecular complexity index is 988. The van der Waals surface area contributed by atoms with Gasteiger partial charge in [0.1, 0.15) is 11.5 Å². The van der Waals surface area contributed by atoms with Crippen LogP contribution >= 0.6 is 0 Å². The number of fused-ring (bicyclic) bond motifs is 1. The van der Waals surface area contributed by atoms with Crippen molar-refractivity contribution in [1.82, 2.24) is 0 Å². The molecular weight excluding hydrogens is 380 g/mol. The SMILES string of the molecule is Cc1ccc2c(c1)N(S(C)(=O)=O)C[C@H](C(=O)Nc1cccc(OC(C)C)c1)O2. The first-order valence-corrected chi connectivity index (χ1v) is 10.8. The predicted octanol–water partition coefficient (Wildman–Crippen LogP) is 2.95. The maximum absolute atomic E-state index is 12.8. The summed E-state index contributed by atoms with van der Waals surface area (Å²) in [7, 11) is -3.56. The van der Waals surface area contributed by atoms with Gasteiger partial charge in [0, 0.05) is 11.8 Å². The quantitative estimate of drug-likeness (QED) is 0.828. The van der Waals surface area contributed by atoms with E-state index in [4.69, 9.17) is 9.47 Å². The van der Waals surface area contributed by atoms with Crippen LogP contribution in [0, 0.1) is 6.92 Å². The molecule has 2 aromatic carbocycles. The minimum Gasteiger partial charge on any atom is -0.491 e. The highest BCUT2D eigenvalue weighted by Crippen LogP contribution is 2.36. The number of ether oxygens (including phenoxy) is 2. The molecule has 0 bridgehead atoms. The number of carbonyl (C=O) groups excluding carboxylic acids is 1. The second-order valence-corrected chi connectivity index (χ2v) is 8.96. The van der Waals surface area contributed by atoms with E-state index in [0.717, 1.165) is 11.8 Å². The first kappa shape index (κ1) is 20.0. The van der Waals surface area contributed by atoms with E-state index in [1.807, 2.05) is 26.8 Å². The Labute approximate surface area is 165 Å². The Morgan fingerprint density at radius 3 is 2.68 bits per heavy atom. The molecule has 1 aliphatic rings. The molecule has 28 heavy (non-hydrogen) atoms. The summed E-state index contributed by atoms with van der Waals surface area (Å²) in [5.74, 6) is 0.567. The molecule has 0 saturated heterocycles. The van der Waals surface area contributed by atoms with Crippen molar-refractivity contribution >= 4 is 27.3 Å². The summed E-state index contributed by atoms with van der Waals surface area (Å²) < 4.78 is 37.1. The highest BCUT2D eigenvalue weighted by molar-refractivity contribution is 7.92. The molecule has 150 valence electrons. The molecule has 0 aliphatic carbocycles. The number of hydrogen-bond donors (Lipinski definition) is 1. The summed E-state index contributed by atoms with van der Waals surface area (Å²) in [5, 5.41) is 2.77. The van der Waals surface area contributed by atoms with Gasteiger partial charge in [0.25, 0.3) is 5.91 Å². The zero-order valence-corrected chi connectivity index (χ0v) is 17.1. The van der Waals surface area contributed by atoms with E-state index in [2.05, 4.69) is 5.32 Å². The van der Waals surface area contributed by atoms with Crippen LogP contribution in [0.25, 0.3) is 0 Å². The Morgan fingerprint density at radius 2 is 2.00 bits per heavy atom. The van der Waals surface area contributed by atoms with Crippen LogP contribution in [0.5, 0.6) is 11.5 Å². The van der Waals surface area contributed by atoms with Crippen LogP contribution in [0.1, 0.15) is 19.4 Å². The molecule has 8 heteroatoms. The molecule has 1 amide bonds. The fraction of sp³-hybridized carbons (Fsp3) is 0.350. The van der Waals surface area contributed by atoms with Gasteiger partial charge in [-0.25, -0.2) is 8.42 Å². The molecular formula is C20H24N2O5S. The Morgan fingerprint density at radius 1 is 1.25 bits per heavy atom. The van der Waals surface area contributed by atoms with Crippen LogP contribution in [-0.4, -0.2) is 39.3 Å². The highest BCUT2D eigenvalue weighted by atomic mass is 32.2. The third kappa shape index (κ3) is 4.56. The zero-order chi connectivity index (χ0) is 20.5. The lowest BCUT2D eigenvalue weighted by molar-refractivity contribution is -0.122. The lowest BCUT2D eigenvalue weighted by atomic mass is 10.1. The molecule has 0 radical (unpaired) electrons. The van der Waals surface area contributed by atoms with Gasteiger partial charge in [-0.15, -0.1) is 0 Å². The van der Waals surface area contributed by atoms with E-state index in [9.17, 15) is 13.2 Å². The molecule has 1 atom stereocenters. The van der Waals surface area contributed by atoms with Gasteiger partial charge in [-0.3, -0.25) is 9.10 Å². The van der Waals surface area contributed by atoms with Crippen molar-refractivity contribution in [3.8, 4) is 11.5 Å². The van der Waals surface area contributed by atoms with Crippen molar-refractivity contribution < 1.29 is 22.7 Å². The van der Waals surface area contributed by atoms with Gasteiger partial charge < -0.3 is 14.8 Å². The number of aryl methyl sites for hydroxylation is 1. The molecule has 0 unspecified atom stereocenters. The van der Waals surface area contributed by atoms with E-state index in [-0.39, 0.29) is 12.6 Å². The average Bonchev–Trinajstić information content (AvgIpc) is 2.59. The normalized spacial score (nSPS) is 16.3. The van der Waals surface area contributed by atoms with E-state index in [1.165, 1.54) is 4.31 Å². The fourth-order valence-corrected chi connectivity index (χ4v) is 3.86. The summed E-state index contributed by atoms with van der Waals surface area (Å²) in [6.45, 7) is 5.61. The molecule has 1 N–H and O–H groups in total. The first-order valence-electron chi connectivity index (χ1n) is 8.96. The molecule has 0 aromatic heterocycles. The number of benzene rings is 2. The second kappa shape index (κ2) is 7.71. The van der Waals surface area contributed by atoms with Crippen LogP contribution in [0.4, 0.5) is 11.4 Å². The van der Waals surface area contributed by atoms with Crippen molar-refractivity contribution in [3.63, 3.8) is 0 Å². The van der Waals surface area contributed by atoms with Gasteiger partial charge in [-0.2, -0.15) is 0 Å². The largest absolute Gasteiger partial charge is 0.491 e. The second-order valence-electron chi connectivity index (χ2n) is 7.06. The fourth-order valence-electron chi connectivity index (χ4n) is 2.95. The van der Waals surface area contributed by atoms with Crippen LogP contribution in [-0.2, 0) is 14.8 Å². The topological polar surface area (TPSA) is 84.9 Å². The van der Waals surface area contributed by atoms with Crippen LogP contribution in [0.2, 0.25) is 0 Å². The van der Waals surface area contributed by atoms with E-state index in [0.29, 0.717) is 22.9 Å². The molecule has 2 aromatic rings. The molecule has 3 rings (SSSR count). The summed E-state index contributed by atoms with van der Waals surface area (Å²) in [5.41, 5.74) is 1.90. The summed E-state index contributed by atoms with van der Waals surface area (Å²) in [6.07, 6.45) is 0.155. The molecule has 0 fully saturated rings. The highest BCUT2D eigenvalue weighted by Gasteiger charge is 2.35. The minimum absolute atomic E-state index is 0.0101. The lowest BCUT2D eigenvalue weighted by Gasteiger charge is -2.34. The van der Waals surface area contributed by atoms with Gasteiger partial charge in [-0.05, 0) is 50.6 Å². The van der Waals surface area contributed by atoms with Crippen LogP contribution in [0.15, 0.2) is 42.5 Å². The number of sulfonamides is 1. The van der Waals surface area contributed by atoms with Gasteiger partial charge >= 0.3 is 0 Å². The van der Waals surface area contributed by atoms with Crippen molar-refractivity contribution in [2.45, 2.75) is 33.0 Å². The van der Waals surface area contributed by atoms with Crippen molar-refractivity contribution in [2.75, 3.05) is 22.4 Å². The van der Waals surface area contributed by atoms with Gasteiger partial charge in [0.05, 0.1) is 24.6 Å². The Hall–Kier alpha value is -2.74. The summed E-state index contributed by atoms with van der Waals surface area (Å²) in [6, 6.07) is 12.3. The molecule has 1 aliphatic heterocycles. The Balaban J connectivity index is 1.82. The standard InChI is InChI=1S/C20H24N2O5S/c1-13(2)26-16-7-5-6-15(11-16)21-20(23)19-12-22(28(4,24)25)17-10-14(3)8-9-18(17)27-19/h5-11,13,19H,12H2,1-4H3,(H,21,23)/t19-/m1/s1. The number of hydrogen-bond acceptors (Lipinski definition) is 5. The van der Waals surface area contributed by atoms with Gasteiger partial charge in [-0.1, -0.05) is 12.1 Å². The number of anilines is 2.